The van der Waals surface area contributed by atoms with E-state index in [-0.39, 0.29) is 24.2 Å². The molecule has 0 aromatic heterocycles. The van der Waals surface area contributed by atoms with E-state index in [1.54, 1.807) is 7.11 Å². The molecule has 1 aromatic carbocycles. The van der Waals surface area contributed by atoms with Crippen LogP contribution in [0.3, 0.4) is 0 Å². The fourth-order valence-electron chi connectivity index (χ4n) is 4.87. The highest BCUT2D eigenvalue weighted by Gasteiger charge is 2.59. The molecule has 0 saturated heterocycles. The summed E-state index contributed by atoms with van der Waals surface area (Å²) in [5, 5.41) is 0. The van der Waals surface area contributed by atoms with Gasteiger partial charge in [-0.05, 0) is 36.1 Å². The van der Waals surface area contributed by atoms with Crippen LogP contribution in [0.4, 0.5) is 0 Å². The van der Waals surface area contributed by atoms with E-state index in [9.17, 15) is 4.79 Å². The summed E-state index contributed by atoms with van der Waals surface area (Å²) in [4.78, 5) is 14.1. The Hall–Kier alpha value is -2.63. The average Bonchev–Trinajstić information content (AvgIpc) is 3.30. The Morgan fingerprint density at radius 2 is 2.12 bits per heavy atom. The smallest absolute Gasteiger partial charge is 0.303 e. The molecule has 4 aliphatic rings. The summed E-state index contributed by atoms with van der Waals surface area (Å²) in [6.45, 7) is 2.55. The molecule has 1 aliphatic carbocycles. The third kappa shape index (κ3) is 1.95. The van der Waals surface area contributed by atoms with Crippen molar-refractivity contribution in [1.29, 1.82) is 0 Å². The molecule has 2 unspecified atom stereocenters. The van der Waals surface area contributed by atoms with Gasteiger partial charge in [-0.15, -0.1) is 0 Å². The van der Waals surface area contributed by atoms with Crippen LogP contribution in [0, 0.1) is 0 Å². The molecule has 3 atom stereocenters. The first-order valence-electron chi connectivity index (χ1n) is 8.92. The molecule has 3 heterocycles. The number of carbonyl (C=O) groups excluding carboxylic acids is 1. The normalized spacial score (nSPS) is 30.2. The number of fused-ring (bicyclic) bond motifs is 3. The topological polar surface area (TPSA) is 57.2 Å². The molecule has 0 bridgehead atoms. The van der Waals surface area contributed by atoms with Gasteiger partial charge in [0, 0.05) is 25.6 Å². The van der Waals surface area contributed by atoms with Gasteiger partial charge in [-0.1, -0.05) is 12.2 Å². The minimum Gasteiger partial charge on any atom is -0.496 e. The number of nitrogens with zero attached hydrogens (tertiary/aromatic N) is 1. The van der Waals surface area contributed by atoms with Gasteiger partial charge >= 0.3 is 5.97 Å². The monoisotopic (exact) mass is 355 g/mol. The van der Waals surface area contributed by atoms with Crippen LogP contribution in [-0.4, -0.2) is 43.0 Å². The highest BCUT2D eigenvalue weighted by Crippen LogP contribution is 2.54. The molecule has 1 aromatic rings. The molecule has 0 amide bonds. The maximum Gasteiger partial charge on any atom is 0.303 e. The lowest BCUT2D eigenvalue weighted by atomic mass is 9.76. The molecular weight excluding hydrogens is 334 g/mol. The van der Waals surface area contributed by atoms with Gasteiger partial charge in [-0.2, -0.15) is 0 Å². The number of hydrogen-bond acceptors (Lipinski definition) is 6. The number of rotatable bonds is 2. The minimum absolute atomic E-state index is 0.0859. The van der Waals surface area contributed by atoms with E-state index in [1.165, 1.54) is 18.1 Å². The summed E-state index contributed by atoms with van der Waals surface area (Å²) in [5.74, 6) is 2.09. The van der Waals surface area contributed by atoms with Crippen molar-refractivity contribution in [2.45, 2.75) is 37.3 Å². The first-order chi connectivity index (χ1) is 12.6. The summed E-state index contributed by atoms with van der Waals surface area (Å²) < 4.78 is 22.5. The third-order valence-electron chi connectivity index (χ3n) is 5.95. The Morgan fingerprint density at radius 3 is 2.88 bits per heavy atom. The van der Waals surface area contributed by atoms with Crippen molar-refractivity contribution in [2.75, 3.05) is 20.4 Å². The van der Waals surface area contributed by atoms with Crippen molar-refractivity contribution < 1.29 is 23.7 Å². The van der Waals surface area contributed by atoms with Crippen LogP contribution >= 0.6 is 0 Å². The Balaban J connectivity index is 1.65. The van der Waals surface area contributed by atoms with Gasteiger partial charge in [0.25, 0.3) is 0 Å². The van der Waals surface area contributed by atoms with Gasteiger partial charge in [0.1, 0.15) is 0 Å². The summed E-state index contributed by atoms with van der Waals surface area (Å²) in [6, 6.07) is 4.19. The molecule has 3 aliphatic heterocycles. The molecule has 5 rings (SSSR count). The van der Waals surface area contributed by atoms with Crippen molar-refractivity contribution in [2.24, 2.45) is 0 Å². The summed E-state index contributed by atoms with van der Waals surface area (Å²) >= 11 is 0. The molecule has 0 saturated carbocycles. The Labute approximate surface area is 152 Å². The van der Waals surface area contributed by atoms with Gasteiger partial charge in [-0.25, -0.2) is 0 Å². The second-order valence-electron chi connectivity index (χ2n) is 7.17. The fraction of sp³-hybridized carbons (Fsp3) is 0.450. The lowest BCUT2D eigenvalue weighted by Gasteiger charge is -2.43. The van der Waals surface area contributed by atoms with E-state index < -0.39 is 6.10 Å². The van der Waals surface area contributed by atoms with E-state index >= 15 is 0 Å². The number of hydrogen-bond donors (Lipinski definition) is 0. The SMILES string of the molecule is COC1=CN2CCc3cc4c(cc3C3C=CCC32[C@@H]1OC(C)=O)OCO4. The van der Waals surface area contributed by atoms with Gasteiger partial charge in [-0.3, -0.25) is 4.79 Å². The van der Waals surface area contributed by atoms with Crippen LogP contribution in [0.5, 0.6) is 11.5 Å². The third-order valence-corrected chi connectivity index (χ3v) is 5.95. The molecule has 1 spiro atoms. The van der Waals surface area contributed by atoms with Crippen molar-refractivity contribution in [1.82, 2.24) is 4.90 Å². The predicted octanol–water partition coefficient (Wildman–Crippen LogP) is 2.49. The zero-order valence-electron chi connectivity index (χ0n) is 14.9. The number of ether oxygens (including phenoxy) is 4. The van der Waals surface area contributed by atoms with Crippen molar-refractivity contribution in [3.05, 3.63) is 47.4 Å². The zero-order chi connectivity index (χ0) is 17.9. The zero-order valence-corrected chi connectivity index (χ0v) is 14.9. The molecule has 0 radical (unpaired) electrons. The second-order valence-corrected chi connectivity index (χ2v) is 7.17. The highest BCUT2D eigenvalue weighted by atomic mass is 16.7. The van der Waals surface area contributed by atoms with Crippen LogP contribution in [-0.2, 0) is 20.7 Å². The summed E-state index contributed by atoms with van der Waals surface area (Å²) in [6.07, 6.45) is 7.68. The number of esters is 1. The Bertz CT molecular complexity index is 845. The van der Waals surface area contributed by atoms with Gasteiger partial charge in [0.05, 0.1) is 12.6 Å². The lowest BCUT2D eigenvalue weighted by molar-refractivity contribution is -0.152. The summed E-state index contributed by atoms with van der Waals surface area (Å²) in [7, 11) is 1.63. The van der Waals surface area contributed by atoms with Crippen molar-refractivity contribution in [3.63, 3.8) is 0 Å². The standard InChI is InChI=1S/C20H21NO5/c1-12(22)26-19-18(23-2)10-21-7-5-13-8-16-17(25-11-24-16)9-14(13)15-4-3-6-20(15,19)21/h3-4,8-10,15,19H,5-7,11H2,1-2H3/t15?,19-,20?/m1/s1. The quantitative estimate of drug-likeness (QED) is 0.600. The number of benzene rings is 1. The predicted molar refractivity (Wildman–Crippen MR) is 92.9 cm³/mol. The molecule has 26 heavy (non-hydrogen) atoms. The van der Waals surface area contributed by atoms with E-state index in [2.05, 4.69) is 29.2 Å². The second kappa shape index (κ2) is 5.43. The van der Waals surface area contributed by atoms with Gasteiger partial charge in [0.15, 0.2) is 23.4 Å². The molecule has 0 fully saturated rings. The first kappa shape index (κ1) is 15.6. The van der Waals surface area contributed by atoms with Gasteiger partial charge < -0.3 is 23.8 Å². The average molecular weight is 355 g/mol. The maximum absolute atomic E-state index is 11.8. The van der Waals surface area contributed by atoms with Gasteiger partial charge in [0.2, 0.25) is 6.79 Å². The number of methoxy groups -OCH3 is 1. The number of carbonyl (C=O) groups is 1. The van der Waals surface area contributed by atoms with Crippen molar-refractivity contribution in [3.8, 4) is 11.5 Å². The van der Waals surface area contributed by atoms with Crippen LogP contribution in [0.2, 0.25) is 0 Å². The minimum atomic E-state index is -0.429. The van der Waals surface area contributed by atoms with E-state index in [0.717, 1.165) is 30.9 Å². The van der Waals surface area contributed by atoms with Crippen LogP contribution in [0.25, 0.3) is 0 Å². The maximum atomic E-state index is 11.8. The molecule has 0 N–H and O–H groups in total. The van der Waals surface area contributed by atoms with Crippen LogP contribution in [0.15, 0.2) is 36.2 Å². The van der Waals surface area contributed by atoms with E-state index in [1.807, 2.05) is 6.20 Å². The van der Waals surface area contributed by atoms with E-state index in [4.69, 9.17) is 18.9 Å². The molecule has 6 heteroatoms. The lowest BCUT2D eigenvalue weighted by Crippen LogP contribution is -2.54. The highest BCUT2D eigenvalue weighted by molar-refractivity contribution is 5.67. The first-order valence-corrected chi connectivity index (χ1v) is 8.92. The Kier molecular flexibility index (Phi) is 3.26. The largest absolute Gasteiger partial charge is 0.496 e. The Morgan fingerprint density at radius 1 is 1.31 bits per heavy atom. The van der Waals surface area contributed by atoms with Crippen LogP contribution in [0.1, 0.15) is 30.4 Å². The van der Waals surface area contributed by atoms with E-state index in [0.29, 0.717) is 5.76 Å². The molecular formula is C20H21NO5. The van der Waals surface area contributed by atoms with Crippen LogP contribution < -0.4 is 9.47 Å². The summed E-state index contributed by atoms with van der Waals surface area (Å²) in [5.41, 5.74) is 2.09. The van der Waals surface area contributed by atoms with Crippen molar-refractivity contribution >= 4 is 5.97 Å². The fourth-order valence-corrected chi connectivity index (χ4v) is 4.87. The molecule has 136 valence electrons. The molecule has 6 nitrogen and oxygen atoms in total.